The molecule has 40 heavy (non-hydrogen) atoms. The highest BCUT2D eigenvalue weighted by Gasteiger charge is 2.49. The Hall–Kier alpha value is -2.92. The van der Waals surface area contributed by atoms with Crippen molar-refractivity contribution in [2.75, 3.05) is 44.8 Å². The lowest BCUT2D eigenvalue weighted by atomic mass is 9.95. The second-order valence-electron chi connectivity index (χ2n) is 12.1. The van der Waals surface area contributed by atoms with Gasteiger partial charge in [0.2, 0.25) is 0 Å². The molecule has 1 aromatic carbocycles. The summed E-state index contributed by atoms with van der Waals surface area (Å²) in [6, 6.07) is 0.865. The molecule has 0 aliphatic carbocycles. The number of alkyl halides is 1. The third-order valence-electron chi connectivity index (χ3n) is 8.23. The summed E-state index contributed by atoms with van der Waals surface area (Å²) in [5.74, 6) is 0.0461. The molecule has 4 aliphatic rings. The quantitative estimate of drug-likeness (QED) is 0.471. The number of ether oxygens (including phenoxy) is 3. The van der Waals surface area contributed by atoms with E-state index < -0.39 is 23.1 Å². The third kappa shape index (κ3) is 4.70. The van der Waals surface area contributed by atoms with Gasteiger partial charge in [0, 0.05) is 32.1 Å². The topological polar surface area (TPSA) is 80.3 Å². The van der Waals surface area contributed by atoms with Gasteiger partial charge in [-0.15, -0.1) is 0 Å². The van der Waals surface area contributed by atoms with Crippen LogP contribution in [0.5, 0.6) is 11.8 Å². The van der Waals surface area contributed by atoms with Gasteiger partial charge >= 0.3 is 12.1 Å². The summed E-state index contributed by atoms with van der Waals surface area (Å²) in [6.45, 7) is 7.72. The highest BCUT2D eigenvalue weighted by Crippen LogP contribution is 2.42. The Balaban J connectivity index is 1.35. The molecule has 0 N–H and O–H groups in total. The van der Waals surface area contributed by atoms with Crippen LogP contribution in [0.1, 0.15) is 40.0 Å². The Kier molecular flexibility index (Phi) is 6.72. The smallest absolute Gasteiger partial charge is 0.411 e. The minimum Gasteiger partial charge on any atom is -0.496 e. The zero-order valence-electron chi connectivity index (χ0n) is 23.1. The Bertz CT molecular complexity index is 1350. The summed E-state index contributed by atoms with van der Waals surface area (Å²) < 4.78 is 47.1. The molecule has 12 heteroatoms. The summed E-state index contributed by atoms with van der Waals surface area (Å²) in [4.78, 5) is 28.0. The van der Waals surface area contributed by atoms with Crippen molar-refractivity contribution in [2.24, 2.45) is 0 Å². The van der Waals surface area contributed by atoms with Crippen molar-refractivity contribution in [3.8, 4) is 11.8 Å². The van der Waals surface area contributed by atoms with Gasteiger partial charge in [0.15, 0.2) is 5.82 Å². The van der Waals surface area contributed by atoms with Crippen molar-refractivity contribution in [1.29, 1.82) is 0 Å². The van der Waals surface area contributed by atoms with E-state index in [1.165, 1.54) is 13.2 Å². The number of hydrogen-bond donors (Lipinski definition) is 0. The molecule has 1 aromatic heterocycles. The fourth-order valence-corrected chi connectivity index (χ4v) is 6.74. The number of rotatable bonds is 5. The van der Waals surface area contributed by atoms with Crippen LogP contribution in [0.2, 0.25) is 5.02 Å². The molecule has 5 heterocycles. The van der Waals surface area contributed by atoms with Crippen LogP contribution >= 0.6 is 11.6 Å². The normalized spacial score (nSPS) is 27.9. The van der Waals surface area contributed by atoms with E-state index >= 15 is 4.39 Å². The number of anilines is 1. The molecule has 0 saturated carbocycles. The Morgan fingerprint density at radius 1 is 1.20 bits per heavy atom. The van der Waals surface area contributed by atoms with Gasteiger partial charge in [0.25, 0.3) is 0 Å². The number of halogens is 3. The number of fused-ring (bicyclic) bond motifs is 4. The Morgan fingerprint density at radius 2 is 1.93 bits per heavy atom. The van der Waals surface area contributed by atoms with Crippen LogP contribution < -0.4 is 14.4 Å². The predicted octanol–water partition coefficient (Wildman–Crippen LogP) is 4.75. The first-order chi connectivity index (χ1) is 19.0. The molecule has 4 aliphatic heterocycles. The third-order valence-corrected chi connectivity index (χ3v) is 8.51. The summed E-state index contributed by atoms with van der Waals surface area (Å²) in [6.07, 6.45) is 4.85. The molecule has 0 radical (unpaired) electrons. The highest BCUT2D eigenvalue weighted by atomic mass is 35.5. The van der Waals surface area contributed by atoms with Crippen molar-refractivity contribution in [3.63, 3.8) is 0 Å². The zero-order chi connectivity index (χ0) is 28.4. The summed E-state index contributed by atoms with van der Waals surface area (Å²) in [5.41, 5.74) is -1.05. The minimum atomic E-state index is -0.901. The second-order valence-corrected chi connectivity index (χ2v) is 12.5. The molecule has 2 aromatic rings. The van der Waals surface area contributed by atoms with Gasteiger partial charge in [-0.25, -0.2) is 13.6 Å². The number of carbonyl (C=O) groups excluding carboxylic acids is 1. The van der Waals surface area contributed by atoms with Gasteiger partial charge in [-0.1, -0.05) is 23.8 Å². The molecule has 9 nitrogen and oxygen atoms in total. The second kappa shape index (κ2) is 9.87. The van der Waals surface area contributed by atoms with Crippen LogP contribution in [0, 0.1) is 5.82 Å². The Labute approximate surface area is 237 Å². The molecular weight excluding hydrogens is 544 g/mol. The van der Waals surface area contributed by atoms with Gasteiger partial charge in [0.1, 0.15) is 35.5 Å². The molecule has 6 rings (SSSR count). The predicted molar refractivity (Wildman–Crippen MR) is 147 cm³/mol. The lowest BCUT2D eigenvalue weighted by Crippen LogP contribution is -2.57. The molecule has 3 fully saturated rings. The largest absolute Gasteiger partial charge is 0.496 e. The van der Waals surface area contributed by atoms with E-state index in [2.05, 4.69) is 9.88 Å². The van der Waals surface area contributed by atoms with E-state index in [0.29, 0.717) is 43.0 Å². The maximum Gasteiger partial charge on any atom is 0.411 e. The van der Waals surface area contributed by atoms with Crippen molar-refractivity contribution < 1.29 is 27.8 Å². The van der Waals surface area contributed by atoms with Gasteiger partial charge in [-0.3, -0.25) is 9.80 Å². The van der Waals surface area contributed by atoms with E-state index in [1.54, 1.807) is 4.90 Å². The van der Waals surface area contributed by atoms with Gasteiger partial charge in [-0.05, 0) is 40.2 Å². The summed E-state index contributed by atoms with van der Waals surface area (Å²) >= 11 is 6.21. The zero-order valence-corrected chi connectivity index (χ0v) is 23.9. The van der Waals surface area contributed by atoms with Crippen molar-refractivity contribution in [1.82, 2.24) is 19.8 Å². The number of aromatic nitrogens is 2. The molecule has 2 bridgehead atoms. The number of nitrogens with zero attached hydrogens (tertiary/aromatic N) is 5. The molecular formula is C28H34ClF2N5O4. The van der Waals surface area contributed by atoms with Gasteiger partial charge in [0.05, 0.1) is 35.1 Å². The van der Waals surface area contributed by atoms with E-state index in [-0.39, 0.29) is 41.3 Å². The summed E-state index contributed by atoms with van der Waals surface area (Å²) in [7, 11) is 1.48. The van der Waals surface area contributed by atoms with Crippen LogP contribution in [0.15, 0.2) is 18.2 Å². The maximum absolute atomic E-state index is 15.4. The van der Waals surface area contributed by atoms with Crippen LogP contribution in [-0.4, -0.2) is 95.2 Å². The number of methoxy groups -OCH3 is 1. The molecule has 2 unspecified atom stereocenters. The SMILES string of the molecule is COc1cc(Cl)c(F)c2nc(OC[C@@]34CCCN3C[C@H](F)C4)nc(N3CC4C=CC(C3)N4C(=O)OC(C)(C)C)c12. The maximum atomic E-state index is 15.4. The lowest BCUT2D eigenvalue weighted by Gasteiger charge is -2.42. The van der Waals surface area contributed by atoms with Crippen LogP contribution in [0.4, 0.5) is 19.4 Å². The van der Waals surface area contributed by atoms with E-state index in [0.717, 1.165) is 19.4 Å². The van der Waals surface area contributed by atoms with E-state index in [1.807, 2.05) is 37.8 Å². The molecule has 0 spiro atoms. The fraction of sp³-hybridized carbons (Fsp3) is 0.607. The standard InChI is InChI=1S/C28H34ClF2N5O4/c1-27(2,3)40-26(37)36-17-6-7-18(36)14-34(13-17)24-21-20(38-4)10-19(29)22(31)23(21)32-25(33-24)39-15-28-8-5-9-35(28)12-16(30)11-28/h6-7,10,16-18H,5,8-9,11-15H2,1-4H3/t16-,17?,18?,28+/m1/s1. The number of hydrogen-bond acceptors (Lipinski definition) is 8. The highest BCUT2D eigenvalue weighted by molar-refractivity contribution is 6.32. The number of carbonyl (C=O) groups is 1. The lowest BCUT2D eigenvalue weighted by molar-refractivity contribution is 0.0146. The van der Waals surface area contributed by atoms with Crippen molar-refractivity contribution >= 4 is 34.4 Å². The first-order valence-electron chi connectivity index (χ1n) is 13.7. The fourth-order valence-electron chi connectivity index (χ4n) is 6.55. The monoisotopic (exact) mass is 577 g/mol. The van der Waals surface area contributed by atoms with Crippen molar-refractivity contribution in [3.05, 3.63) is 29.1 Å². The average molecular weight is 578 g/mol. The number of amides is 1. The van der Waals surface area contributed by atoms with E-state index in [4.69, 9.17) is 30.8 Å². The average Bonchev–Trinajstić information content (AvgIpc) is 3.50. The number of piperazine rings is 1. The first kappa shape index (κ1) is 27.3. The number of benzene rings is 1. The van der Waals surface area contributed by atoms with Gasteiger partial charge in [-0.2, -0.15) is 9.97 Å². The van der Waals surface area contributed by atoms with Gasteiger partial charge < -0.3 is 19.1 Å². The van der Waals surface area contributed by atoms with E-state index in [9.17, 15) is 9.18 Å². The van der Waals surface area contributed by atoms with Crippen LogP contribution in [0.25, 0.3) is 10.9 Å². The first-order valence-corrected chi connectivity index (χ1v) is 14.1. The summed E-state index contributed by atoms with van der Waals surface area (Å²) in [5, 5.41) is 0.236. The molecule has 216 valence electrons. The molecule has 4 atom stereocenters. The van der Waals surface area contributed by atoms with Crippen molar-refractivity contribution in [2.45, 2.75) is 69.4 Å². The van der Waals surface area contributed by atoms with Crippen LogP contribution in [0.3, 0.4) is 0 Å². The Morgan fingerprint density at radius 3 is 2.60 bits per heavy atom. The molecule has 1 amide bonds. The minimum absolute atomic E-state index is 0.0101. The molecule has 3 saturated heterocycles. The van der Waals surface area contributed by atoms with Crippen LogP contribution in [-0.2, 0) is 4.74 Å².